The van der Waals surface area contributed by atoms with Crippen molar-refractivity contribution in [3.05, 3.63) is 0 Å². The van der Waals surface area contributed by atoms with E-state index in [9.17, 15) is 0 Å². The van der Waals surface area contributed by atoms with Crippen LogP contribution in [0.2, 0.25) is 0 Å². The van der Waals surface area contributed by atoms with E-state index in [1.165, 1.54) is 0 Å². The molecule has 0 saturated carbocycles. The van der Waals surface area contributed by atoms with Crippen LogP contribution in [0.1, 0.15) is 27.7 Å². The summed E-state index contributed by atoms with van der Waals surface area (Å²) in [6.45, 7) is 8.85. The van der Waals surface area contributed by atoms with E-state index in [4.69, 9.17) is 5.73 Å². The molecule has 1 unspecified atom stereocenters. The van der Waals surface area contributed by atoms with Crippen LogP contribution in [0.3, 0.4) is 0 Å². The molecule has 0 bridgehead atoms. The average Bonchev–Trinajstić information content (AvgIpc) is 1.62. The fraction of sp³-hybridized carbons (Fsp3) is 1.00. The zero-order valence-electron chi connectivity index (χ0n) is 6.61. The molecule has 0 aromatic carbocycles. The molecule has 0 saturated heterocycles. The molecule has 0 heterocycles. The number of halogens is 1. The zero-order valence-corrected chi connectivity index (χ0v) is 8.77. The van der Waals surface area contributed by atoms with Gasteiger partial charge in [-0.2, -0.15) is 0 Å². The lowest BCUT2D eigenvalue weighted by Crippen LogP contribution is -2.31. The topological polar surface area (TPSA) is 26.0 Å². The van der Waals surface area contributed by atoms with Crippen molar-refractivity contribution >= 4 is 22.6 Å². The van der Waals surface area contributed by atoms with Gasteiger partial charge in [0.2, 0.25) is 0 Å². The van der Waals surface area contributed by atoms with Crippen molar-refractivity contribution in [2.75, 3.05) is 0 Å². The Morgan fingerprint density at radius 2 is 1.67 bits per heavy atom. The predicted octanol–water partition coefficient (Wildman–Crippen LogP) is 2.39. The summed E-state index contributed by atoms with van der Waals surface area (Å²) >= 11 is 2.27. The van der Waals surface area contributed by atoms with Crippen LogP contribution >= 0.6 is 22.6 Å². The summed E-state index contributed by atoms with van der Waals surface area (Å²) in [5.41, 5.74) is 6.06. The van der Waals surface area contributed by atoms with Gasteiger partial charge in [0.05, 0.1) is 4.05 Å². The number of hydrogen-bond acceptors (Lipinski definition) is 1. The Morgan fingerprint density at radius 1 is 1.33 bits per heavy atom. The quantitative estimate of drug-likeness (QED) is 0.425. The molecule has 0 radical (unpaired) electrons. The monoisotopic (exact) mass is 241 g/mol. The van der Waals surface area contributed by atoms with Gasteiger partial charge in [-0.05, 0) is 11.3 Å². The number of hydrogen-bond donors (Lipinski definition) is 1. The van der Waals surface area contributed by atoms with E-state index in [1.807, 2.05) is 0 Å². The highest BCUT2D eigenvalue weighted by molar-refractivity contribution is 14.1. The van der Waals surface area contributed by atoms with Gasteiger partial charge in [-0.15, -0.1) is 0 Å². The van der Waals surface area contributed by atoms with E-state index in [1.54, 1.807) is 0 Å². The van der Waals surface area contributed by atoms with E-state index in [0.29, 0.717) is 11.3 Å². The van der Waals surface area contributed by atoms with Crippen LogP contribution in [0.25, 0.3) is 0 Å². The molecular weight excluding hydrogens is 225 g/mol. The maximum atomic E-state index is 5.71. The van der Waals surface area contributed by atoms with E-state index < -0.39 is 0 Å². The summed E-state index contributed by atoms with van der Waals surface area (Å²) in [6.07, 6.45) is 0. The van der Waals surface area contributed by atoms with Gasteiger partial charge in [0.25, 0.3) is 0 Å². The first-order chi connectivity index (χ1) is 3.85. The summed E-state index contributed by atoms with van der Waals surface area (Å²) in [5, 5.41) is 0. The lowest BCUT2D eigenvalue weighted by Gasteiger charge is -2.29. The molecule has 0 aliphatic rings. The summed E-state index contributed by atoms with van der Waals surface area (Å²) in [5.74, 6) is 0.582. The molecular formula is C7H16IN. The van der Waals surface area contributed by atoms with Crippen molar-refractivity contribution in [3.63, 3.8) is 0 Å². The van der Waals surface area contributed by atoms with Gasteiger partial charge in [-0.3, -0.25) is 0 Å². The summed E-state index contributed by atoms with van der Waals surface area (Å²) < 4.78 is 0.280. The normalized spacial score (nSPS) is 19.3. The molecule has 2 heteroatoms. The lowest BCUT2D eigenvalue weighted by atomic mass is 9.82. The first kappa shape index (κ1) is 9.69. The molecule has 2 atom stereocenters. The summed E-state index contributed by atoms with van der Waals surface area (Å²) in [4.78, 5) is 0. The Hall–Kier alpha value is 0.690. The average molecular weight is 241 g/mol. The largest absolute Gasteiger partial charge is 0.319 e. The van der Waals surface area contributed by atoms with Crippen molar-refractivity contribution in [2.45, 2.75) is 31.7 Å². The van der Waals surface area contributed by atoms with Gasteiger partial charge in [0.15, 0.2) is 0 Å². The van der Waals surface area contributed by atoms with E-state index in [2.05, 4.69) is 50.3 Å². The Balaban J connectivity index is 3.88. The summed E-state index contributed by atoms with van der Waals surface area (Å²) in [6, 6.07) is 0. The molecule has 0 aliphatic heterocycles. The maximum Gasteiger partial charge on any atom is 0.0599 e. The van der Waals surface area contributed by atoms with Gasteiger partial charge < -0.3 is 5.73 Å². The van der Waals surface area contributed by atoms with E-state index in [-0.39, 0.29) is 4.05 Å². The van der Waals surface area contributed by atoms with Crippen LogP contribution in [-0.4, -0.2) is 4.05 Å². The third-order valence-corrected chi connectivity index (χ3v) is 2.92. The molecule has 0 amide bonds. The minimum Gasteiger partial charge on any atom is -0.319 e. The minimum atomic E-state index is 0.280. The third-order valence-electron chi connectivity index (χ3n) is 1.84. The standard InChI is InChI=1S/C7H16IN/c1-5(6(8)9)7(2,3)4/h5-6H,9H2,1-4H3/t5-,6?/m1/s1. The fourth-order valence-corrected chi connectivity index (χ4v) is 1.56. The first-order valence-corrected chi connectivity index (χ1v) is 4.50. The van der Waals surface area contributed by atoms with Crippen molar-refractivity contribution in [1.29, 1.82) is 0 Å². The zero-order chi connectivity index (χ0) is 7.65. The van der Waals surface area contributed by atoms with Crippen molar-refractivity contribution < 1.29 is 0 Å². The van der Waals surface area contributed by atoms with Crippen LogP contribution < -0.4 is 5.73 Å². The smallest absolute Gasteiger partial charge is 0.0599 e. The SMILES string of the molecule is C[C@H](C(N)I)C(C)(C)C. The van der Waals surface area contributed by atoms with Gasteiger partial charge in [-0.25, -0.2) is 0 Å². The van der Waals surface area contributed by atoms with Crippen LogP contribution in [0.15, 0.2) is 0 Å². The van der Waals surface area contributed by atoms with Gasteiger partial charge in [-0.1, -0.05) is 50.3 Å². The Morgan fingerprint density at radius 3 is 1.67 bits per heavy atom. The molecule has 2 N–H and O–H groups in total. The first-order valence-electron chi connectivity index (χ1n) is 3.25. The highest BCUT2D eigenvalue weighted by atomic mass is 127. The molecule has 1 nitrogen and oxygen atoms in total. The Labute approximate surface area is 71.5 Å². The van der Waals surface area contributed by atoms with Crippen LogP contribution in [-0.2, 0) is 0 Å². The molecule has 0 rings (SSSR count). The van der Waals surface area contributed by atoms with Gasteiger partial charge in [0.1, 0.15) is 0 Å². The van der Waals surface area contributed by atoms with Crippen LogP contribution in [0.4, 0.5) is 0 Å². The van der Waals surface area contributed by atoms with E-state index in [0.717, 1.165) is 0 Å². The second-order valence-electron chi connectivity index (χ2n) is 3.60. The van der Waals surface area contributed by atoms with Crippen molar-refractivity contribution in [3.8, 4) is 0 Å². The Bertz CT molecular complexity index is 83.4. The lowest BCUT2D eigenvalue weighted by molar-refractivity contribution is 0.262. The highest BCUT2D eigenvalue weighted by Gasteiger charge is 2.23. The maximum absolute atomic E-state index is 5.71. The van der Waals surface area contributed by atoms with E-state index >= 15 is 0 Å². The molecule has 9 heavy (non-hydrogen) atoms. The Kier molecular flexibility index (Phi) is 3.44. The van der Waals surface area contributed by atoms with Crippen LogP contribution in [0.5, 0.6) is 0 Å². The second-order valence-corrected chi connectivity index (χ2v) is 5.04. The molecule has 0 aromatic rings. The predicted molar refractivity (Wildman–Crippen MR) is 50.6 cm³/mol. The molecule has 0 spiro atoms. The number of alkyl halides is 1. The number of rotatable bonds is 1. The molecule has 0 aliphatic carbocycles. The molecule has 0 fully saturated rings. The van der Waals surface area contributed by atoms with Crippen LogP contribution in [0, 0.1) is 11.3 Å². The van der Waals surface area contributed by atoms with Crippen molar-refractivity contribution in [2.24, 2.45) is 17.1 Å². The third kappa shape index (κ3) is 3.40. The molecule has 56 valence electrons. The highest BCUT2D eigenvalue weighted by Crippen LogP contribution is 2.29. The number of nitrogens with two attached hydrogens (primary N) is 1. The second kappa shape index (κ2) is 3.19. The molecule has 0 aromatic heterocycles. The van der Waals surface area contributed by atoms with Gasteiger partial charge in [0, 0.05) is 0 Å². The summed E-state index contributed by atoms with van der Waals surface area (Å²) in [7, 11) is 0. The minimum absolute atomic E-state index is 0.280. The van der Waals surface area contributed by atoms with Gasteiger partial charge >= 0.3 is 0 Å². The fourth-order valence-electron chi connectivity index (χ4n) is 0.478. The van der Waals surface area contributed by atoms with Crippen molar-refractivity contribution in [1.82, 2.24) is 0 Å².